The molecule has 0 spiro atoms. The lowest BCUT2D eigenvalue weighted by molar-refractivity contribution is -0.206. The summed E-state index contributed by atoms with van der Waals surface area (Å²) in [5.41, 5.74) is 5.01. The Morgan fingerprint density at radius 1 is 0.744 bits per heavy atom. The molecule has 2 aromatic carbocycles. The fraction of sp³-hybridized carbons (Fsp3) is 0.455. The Hall–Kier alpha value is -3.15. The molecule has 39 heavy (non-hydrogen) atoms. The second-order valence-electron chi connectivity index (χ2n) is 10.2. The lowest BCUT2D eigenvalue weighted by Gasteiger charge is -2.20. The molecular weight excluding hydrogens is 499 g/mol. The van der Waals surface area contributed by atoms with E-state index in [1.165, 1.54) is 49.8 Å². The number of hydrogen-bond donors (Lipinski definition) is 0. The van der Waals surface area contributed by atoms with Gasteiger partial charge >= 0.3 is 12.1 Å². The third-order valence-corrected chi connectivity index (χ3v) is 6.97. The minimum atomic E-state index is -4.58. The zero-order valence-corrected chi connectivity index (χ0v) is 23.1. The lowest BCUT2D eigenvalue weighted by Crippen LogP contribution is -2.33. The molecule has 0 amide bonds. The van der Waals surface area contributed by atoms with Crippen molar-refractivity contribution < 1.29 is 22.7 Å². The number of alkyl halides is 3. The smallest absolute Gasteiger partial charge is 0.425 e. The standard InChI is InChI=1S/C33H40F3NO2/c1-3-5-7-9-10-12-25-14-16-27(17-15-25)30-23-22-29(24-37-30)26-18-20-28(21-19-26)32(38)39-31(33(34,35)36)13-11-8-6-4-2/h14-24,31H,3-13H2,1-2H3. The van der Waals surface area contributed by atoms with E-state index in [-0.39, 0.29) is 12.0 Å². The first-order valence-corrected chi connectivity index (χ1v) is 14.2. The van der Waals surface area contributed by atoms with Gasteiger partial charge in [-0.05, 0) is 55.0 Å². The molecule has 3 rings (SSSR count). The zero-order valence-electron chi connectivity index (χ0n) is 23.1. The average molecular weight is 540 g/mol. The predicted octanol–water partition coefficient (Wildman–Crippen LogP) is 9.99. The Labute approximate surface area is 230 Å². The van der Waals surface area contributed by atoms with Crippen LogP contribution in [0.1, 0.15) is 94.0 Å². The molecule has 0 bridgehead atoms. The van der Waals surface area contributed by atoms with Gasteiger partial charge in [-0.15, -0.1) is 0 Å². The SMILES string of the molecule is CCCCCCCc1ccc(-c2ccc(-c3ccc(C(=O)OC(CCCCCC)C(F)(F)F)cc3)cn2)cc1. The summed E-state index contributed by atoms with van der Waals surface area (Å²) in [6.45, 7) is 4.22. The van der Waals surface area contributed by atoms with Crippen LogP contribution in [0, 0.1) is 0 Å². The van der Waals surface area contributed by atoms with Crippen LogP contribution in [0.5, 0.6) is 0 Å². The first kappa shape index (κ1) is 30.4. The van der Waals surface area contributed by atoms with Gasteiger partial charge in [0.25, 0.3) is 0 Å². The van der Waals surface area contributed by atoms with Gasteiger partial charge in [0.1, 0.15) is 0 Å². The lowest BCUT2D eigenvalue weighted by atomic mass is 10.0. The van der Waals surface area contributed by atoms with Crippen LogP contribution >= 0.6 is 0 Å². The van der Waals surface area contributed by atoms with Crippen LogP contribution in [0.3, 0.4) is 0 Å². The van der Waals surface area contributed by atoms with Gasteiger partial charge in [-0.25, -0.2) is 4.79 Å². The molecule has 0 saturated carbocycles. The number of halogens is 3. The van der Waals surface area contributed by atoms with Crippen molar-refractivity contribution in [3.8, 4) is 22.4 Å². The van der Waals surface area contributed by atoms with Gasteiger partial charge in [-0.1, -0.05) is 101 Å². The van der Waals surface area contributed by atoms with Crippen molar-refractivity contribution in [1.82, 2.24) is 4.98 Å². The van der Waals surface area contributed by atoms with Crippen molar-refractivity contribution in [3.05, 3.63) is 78.0 Å². The normalized spacial score (nSPS) is 12.3. The van der Waals surface area contributed by atoms with Gasteiger partial charge in [0, 0.05) is 17.3 Å². The second kappa shape index (κ2) is 15.4. The Balaban J connectivity index is 1.57. The molecule has 3 aromatic rings. The molecule has 1 atom stereocenters. The Kier molecular flexibility index (Phi) is 12.0. The topological polar surface area (TPSA) is 39.2 Å². The minimum Gasteiger partial charge on any atom is -0.449 e. The van der Waals surface area contributed by atoms with Crippen molar-refractivity contribution >= 4 is 5.97 Å². The van der Waals surface area contributed by atoms with Crippen molar-refractivity contribution in [2.24, 2.45) is 0 Å². The molecule has 0 fully saturated rings. The second-order valence-corrected chi connectivity index (χ2v) is 10.2. The van der Waals surface area contributed by atoms with Crippen molar-refractivity contribution in [2.75, 3.05) is 0 Å². The third kappa shape index (κ3) is 9.83. The van der Waals surface area contributed by atoms with Crippen LogP contribution in [0.2, 0.25) is 0 Å². The molecule has 0 N–H and O–H groups in total. The van der Waals surface area contributed by atoms with Gasteiger partial charge in [-0.3, -0.25) is 4.98 Å². The molecule has 0 radical (unpaired) electrons. The van der Waals surface area contributed by atoms with E-state index in [4.69, 9.17) is 4.74 Å². The van der Waals surface area contributed by atoms with Gasteiger partial charge in [0.15, 0.2) is 6.10 Å². The fourth-order valence-electron chi connectivity index (χ4n) is 4.55. The summed E-state index contributed by atoms with van der Waals surface area (Å²) in [6.07, 6.45) is 5.17. The van der Waals surface area contributed by atoms with E-state index in [1.54, 1.807) is 18.3 Å². The molecular formula is C33H40F3NO2. The van der Waals surface area contributed by atoms with Gasteiger partial charge in [0.05, 0.1) is 11.3 Å². The molecule has 1 aromatic heterocycles. The maximum Gasteiger partial charge on any atom is 0.425 e. The monoisotopic (exact) mass is 539 g/mol. The summed E-state index contributed by atoms with van der Waals surface area (Å²) < 4.78 is 45.0. The number of hydrogen-bond acceptors (Lipinski definition) is 3. The molecule has 1 heterocycles. The van der Waals surface area contributed by atoms with Gasteiger partial charge in [-0.2, -0.15) is 13.2 Å². The van der Waals surface area contributed by atoms with Crippen LogP contribution in [0.15, 0.2) is 66.9 Å². The van der Waals surface area contributed by atoms with E-state index in [0.717, 1.165) is 41.6 Å². The highest BCUT2D eigenvalue weighted by atomic mass is 19.4. The number of ether oxygens (including phenoxy) is 1. The molecule has 6 heteroatoms. The van der Waals surface area contributed by atoms with Crippen molar-refractivity contribution in [2.45, 2.75) is 96.8 Å². The molecule has 210 valence electrons. The number of benzene rings is 2. The van der Waals surface area contributed by atoms with E-state index in [1.807, 2.05) is 19.1 Å². The Bertz CT molecular complexity index is 1120. The van der Waals surface area contributed by atoms with Crippen LogP contribution in [0.25, 0.3) is 22.4 Å². The van der Waals surface area contributed by atoms with E-state index in [9.17, 15) is 18.0 Å². The van der Waals surface area contributed by atoms with Crippen molar-refractivity contribution in [3.63, 3.8) is 0 Å². The highest BCUT2D eigenvalue weighted by Gasteiger charge is 2.42. The maximum atomic E-state index is 13.4. The highest BCUT2D eigenvalue weighted by Crippen LogP contribution is 2.29. The molecule has 0 aliphatic carbocycles. The van der Waals surface area contributed by atoms with Gasteiger partial charge in [0.2, 0.25) is 0 Å². The number of carbonyl (C=O) groups is 1. The summed E-state index contributed by atoms with van der Waals surface area (Å²) in [7, 11) is 0. The highest BCUT2D eigenvalue weighted by molar-refractivity contribution is 5.90. The third-order valence-electron chi connectivity index (χ3n) is 6.97. The Morgan fingerprint density at radius 2 is 1.33 bits per heavy atom. The number of unbranched alkanes of at least 4 members (excludes halogenated alkanes) is 7. The number of nitrogens with zero attached hydrogens (tertiary/aromatic N) is 1. The minimum absolute atomic E-state index is 0.0941. The number of carbonyl (C=O) groups excluding carboxylic acids is 1. The van der Waals surface area contributed by atoms with E-state index < -0.39 is 18.2 Å². The summed E-state index contributed by atoms with van der Waals surface area (Å²) in [5.74, 6) is -0.961. The molecule has 3 nitrogen and oxygen atoms in total. The number of esters is 1. The number of rotatable bonds is 15. The largest absolute Gasteiger partial charge is 0.449 e. The average Bonchev–Trinajstić information content (AvgIpc) is 2.94. The number of aromatic nitrogens is 1. The van der Waals surface area contributed by atoms with Crippen LogP contribution < -0.4 is 0 Å². The molecule has 0 aliphatic rings. The quantitative estimate of drug-likeness (QED) is 0.142. The van der Waals surface area contributed by atoms with Crippen LogP contribution in [-0.2, 0) is 11.2 Å². The van der Waals surface area contributed by atoms with Gasteiger partial charge < -0.3 is 4.74 Å². The molecule has 0 aliphatic heterocycles. The first-order chi connectivity index (χ1) is 18.8. The summed E-state index contributed by atoms with van der Waals surface area (Å²) in [5, 5.41) is 0. The first-order valence-electron chi connectivity index (χ1n) is 14.2. The van der Waals surface area contributed by atoms with E-state index in [2.05, 4.69) is 36.2 Å². The number of aryl methyl sites for hydroxylation is 1. The predicted molar refractivity (Wildman–Crippen MR) is 152 cm³/mol. The van der Waals surface area contributed by atoms with Crippen molar-refractivity contribution in [1.29, 1.82) is 0 Å². The molecule has 1 unspecified atom stereocenters. The summed E-state index contributed by atoms with van der Waals surface area (Å²) in [6, 6.07) is 18.8. The Morgan fingerprint density at radius 3 is 1.92 bits per heavy atom. The van der Waals surface area contributed by atoms with Crippen LogP contribution in [0.4, 0.5) is 13.2 Å². The van der Waals surface area contributed by atoms with Crippen LogP contribution in [-0.4, -0.2) is 23.2 Å². The maximum absolute atomic E-state index is 13.4. The summed E-state index contributed by atoms with van der Waals surface area (Å²) in [4.78, 5) is 17.0. The zero-order chi connectivity index (χ0) is 28.1. The summed E-state index contributed by atoms with van der Waals surface area (Å²) >= 11 is 0. The van der Waals surface area contributed by atoms with E-state index >= 15 is 0 Å². The molecule has 0 saturated heterocycles. The fourth-order valence-corrected chi connectivity index (χ4v) is 4.55. The number of pyridine rings is 1. The van der Waals surface area contributed by atoms with E-state index in [0.29, 0.717) is 12.8 Å².